The number of rotatable bonds is 4. The van der Waals surface area contributed by atoms with Gasteiger partial charge in [-0.1, -0.05) is 6.42 Å². The van der Waals surface area contributed by atoms with Crippen LogP contribution in [0.25, 0.3) is 0 Å². The predicted molar refractivity (Wildman–Crippen MR) is 63.9 cm³/mol. The third-order valence-electron chi connectivity index (χ3n) is 4.33. The van der Waals surface area contributed by atoms with Crippen molar-refractivity contribution < 1.29 is 0 Å². The van der Waals surface area contributed by atoms with Crippen molar-refractivity contribution >= 4 is 0 Å². The highest BCUT2D eigenvalue weighted by molar-refractivity contribution is 4.91. The molecule has 15 heavy (non-hydrogen) atoms. The van der Waals surface area contributed by atoms with E-state index in [9.17, 15) is 0 Å². The lowest BCUT2D eigenvalue weighted by atomic mass is 9.68. The monoisotopic (exact) mass is 211 g/mol. The molecule has 0 atom stereocenters. The minimum Gasteiger partial charge on any atom is -0.330 e. The van der Waals surface area contributed by atoms with Gasteiger partial charge in [0.05, 0.1) is 0 Å². The summed E-state index contributed by atoms with van der Waals surface area (Å²) in [6.07, 6.45) is 6.66. The Morgan fingerprint density at radius 1 is 1.33 bits per heavy atom. The van der Waals surface area contributed by atoms with E-state index in [1.54, 1.807) is 0 Å². The van der Waals surface area contributed by atoms with E-state index in [2.05, 4.69) is 17.3 Å². The third-order valence-corrected chi connectivity index (χ3v) is 4.33. The molecule has 2 fully saturated rings. The van der Waals surface area contributed by atoms with Gasteiger partial charge in [-0.15, -0.1) is 0 Å². The Kier molecular flexibility index (Phi) is 3.65. The first-order valence-electron chi connectivity index (χ1n) is 6.36. The summed E-state index contributed by atoms with van der Waals surface area (Å²) < 4.78 is 0. The quantitative estimate of drug-likeness (QED) is 0.723. The number of likely N-dealkylation sites (tertiary alicyclic amines) is 1. The molecule has 0 amide bonds. The van der Waals surface area contributed by atoms with Crippen LogP contribution < -0.4 is 11.1 Å². The van der Waals surface area contributed by atoms with Gasteiger partial charge in [0.2, 0.25) is 0 Å². The van der Waals surface area contributed by atoms with Gasteiger partial charge in [-0.3, -0.25) is 0 Å². The van der Waals surface area contributed by atoms with E-state index in [0.29, 0.717) is 5.41 Å². The summed E-state index contributed by atoms with van der Waals surface area (Å²) >= 11 is 0. The summed E-state index contributed by atoms with van der Waals surface area (Å²) in [6.45, 7) is 4.51. The summed E-state index contributed by atoms with van der Waals surface area (Å²) in [5.41, 5.74) is 6.32. The SMILES string of the molecule is CN1CCC(NCC2(CN)CCC2)CC1. The van der Waals surface area contributed by atoms with Gasteiger partial charge in [0.15, 0.2) is 0 Å². The molecule has 2 rings (SSSR count). The van der Waals surface area contributed by atoms with E-state index in [4.69, 9.17) is 5.73 Å². The van der Waals surface area contributed by atoms with Gasteiger partial charge >= 0.3 is 0 Å². The van der Waals surface area contributed by atoms with Crippen molar-refractivity contribution in [2.24, 2.45) is 11.1 Å². The zero-order valence-electron chi connectivity index (χ0n) is 9.97. The zero-order valence-corrected chi connectivity index (χ0v) is 9.97. The maximum Gasteiger partial charge on any atom is 0.00916 e. The van der Waals surface area contributed by atoms with Crippen molar-refractivity contribution in [3.63, 3.8) is 0 Å². The van der Waals surface area contributed by atoms with Crippen molar-refractivity contribution in [3.8, 4) is 0 Å². The lowest BCUT2D eigenvalue weighted by molar-refractivity contribution is 0.126. The van der Waals surface area contributed by atoms with Crippen LogP contribution in [-0.4, -0.2) is 44.2 Å². The van der Waals surface area contributed by atoms with Crippen LogP contribution in [0, 0.1) is 5.41 Å². The number of hydrogen-bond donors (Lipinski definition) is 2. The maximum atomic E-state index is 5.86. The molecule has 3 heteroatoms. The second-order valence-corrected chi connectivity index (χ2v) is 5.52. The van der Waals surface area contributed by atoms with E-state index >= 15 is 0 Å². The number of nitrogens with one attached hydrogen (secondary N) is 1. The summed E-state index contributed by atoms with van der Waals surface area (Å²) in [6, 6.07) is 0.741. The standard InChI is InChI=1S/C12H25N3/c1-15-7-3-11(4-8-15)14-10-12(9-13)5-2-6-12/h11,14H,2-10,13H2,1H3. The molecule has 0 aromatic heterocycles. The molecule has 0 bridgehead atoms. The summed E-state index contributed by atoms with van der Waals surface area (Å²) in [5.74, 6) is 0. The second-order valence-electron chi connectivity index (χ2n) is 5.52. The van der Waals surface area contributed by atoms with Crippen LogP contribution in [0.15, 0.2) is 0 Å². The second kappa shape index (κ2) is 4.81. The third kappa shape index (κ3) is 2.71. The van der Waals surface area contributed by atoms with E-state index in [0.717, 1.165) is 19.1 Å². The molecule has 88 valence electrons. The van der Waals surface area contributed by atoms with Crippen LogP contribution in [0.1, 0.15) is 32.1 Å². The fraction of sp³-hybridized carbons (Fsp3) is 1.00. The van der Waals surface area contributed by atoms with Gasteiger partial charge in [0, 0.05) is 12.6 Å². The van der Waals surface area contributed by atoms with Crippen LogP contribution in [-0.2, 0) is 0 Å². The van der Waals surface area contributed by atoms with Gasteiger partial charge in [-0.2, -0.15) is 0 Å². The number of piperidine rings is 1. The largest absolute Gasteiger partial charge is 0.330 e. The molecule has 1 aliphatic carbocycles. The first-order valence-corrected chi connectivity index (χ1v) is 6.36. The summed E-state index contributed by atoms with van der Waals surface area (Å²) in [5, 5.41) is 3.73. The highest BCUT2D eigenvalue weighted by atomic mass is 15.1. The molecule has 0 radical (unpaired) electrons. The minimum atomic E-state index is 0.462. The average Bonchev–Trinajstić information content (AvgIpc) is 2.20. The molecule has 1 saturated carbocycles. The number of hydrogen-bond acceptors (Lipinski definition) is 3. The molecule has 0 aromatic carbocycles. The topological polar surface area (TPSA) is 41.3 Å². The molecular weight excluding hydrogens is 186 g/mol. The van der Waals surface area contributed by atoms with Gasteiger partial charge in [0.25, 0.3) is 0 Å². The normalized spacial score (nSPS) is 27.6. The lowest BCUT2D eigenvalue weighted by Gasteiger charge is -2.43. The Morgan fingerprint density at radius 3 is 2.47 bits per heavy atom. The maximum absolute atomic E-state index is 5.86. The highest BCUT2D eigenvalue weighted by Crippen LogP contribution is 2.39. The molecule has 0 unspecified atom stereocenters. The molecule has 0 aromatic rings. The molecule has 0 spiro atoms. The van der Waals surface area contributed by atoms with Crippen molar-refractivity contribution in [2.75, 3.05) is 33.2 Å². The van der Waals surface area contributed by atoms with Crippen LogP contribution in [0.3, 0.4) is 0 Å². The molecule has 1 heterocycles. The summed E-state index contributed by atoms with van der Waals surface area (Å²) in [7, 11) is 2.21. The fourth-order valence-electron chi connectivity index (χ4n) is 2.70. The van der Waals surface area contributed by atoms with Crippen LogP contribution in [0.4, 0.5) is 0 Å². The average molecular weight is 211 g/mol. The van der Waals surface area contributed by atoms with Crippen LogP contribution in [0.2, 0.25) is 0 Å². The van der Waals surface area contributed by atoms with Crippen molar-refractivity contribution in [3.05, 3.63) is 0 Å². The first kappa shape index (κ1) is 11.4. The Balaban J connectivity index is 1.69. The molecule has 2 aliphatic rings. The smallest absolute Gasteiger partial charge is 0.00916 e. The summed E-state index contributed by atoms with van der Waals surface area (Å²) in [4.78, 5) is 2.42. The van der Waals surface area contributed by atoms with Crippen LogP contribution >= 0.6 is 0 Å². The van der Waals surface area contributed by atoms with E-state index < -0.39 is 0 Å². The Bertz CT molecular complexity index is 188. The molecule has 3 N–H and O–H groups in total. The number of nitrogens with zero attached hydrogens (tertiary/aromatic N) is 1. The van der Waals surface area contributed by atoms with Gasteiger partial charge in [-0.05, 0) is 57.8 Å². The first-order chi connectivity index (χ1) is 7.24. The van der Waals surface area contributed by atoms with Crippen molar-refractivity contribution in [1.82, 2.24) is 10.2 Å². The van der Waals surface area contributed by atoms with E-state index in [1.165, 1.54) is 45.2 Å². The number of nitrogens with two attached hydrogens (primary N) is 1. The fourth-order valence-corrected chi connectivity index (χ4v) is 2.70. The Labute approximate surface area is 93.4 Å². The predicted octanol–water partition coefficient (Wildman–Crippen LogP) is 0.799. The Hall–Kier alpha value is -0.120. The molecule has 3 nitrogen and oxygen atoms in total. The minimum absolute atomic E-state index is 0.462. The van der Waals surface area contributed by atoms with Crippen molar-refractivity contribution in [1.29, 1.82) is 0 Å². The molecule has 1 saturated heterocycles. The zero-order chi connectivity index (χ0) is 10.7. The molecular formula is C12H25N3. The Morgan fingerprint density at radius 2 is 2.00 bits per heavy atom. The van der Waals surface area contributed by atoms with E-state index in [1.807, 2.05) is 0 Å². The van der Waals surface area contributed by atoms with Crippen molar-refractivity contribution in [2.45, 2.75) is 38.1 Å². The van der Waals surface area contributed by atoms with Crippen LogP contribution in [0.5, 0.6) is 0 Å². The van der Waals surface area contributed by atoms with Gasteiger partial charge < -0.3 is 16.0 Å². The van der Waals surface area contributed by atoms with Gasteiger partial charge in [0.1, 0.15) is 0 Å². The highest BCUT2D eigenvalue weighted by Gasteiger charge is 2.35. The molecule has 1 aliphatic heterocycles. The van der Waals surface area contributed by atoms with Gasteiger partial charge in [-0.25, -0.2) is 0 Å². The van der Waals surface area contributed by atoms with E-state index in [-0.39, 0.29) is 0 Å². The lowest BCUT2D eigenvalue weighted by Crippen LogP contribution is -2.50.